The molecule has 1 N–H and O–H groups in total. The lowest BCUT2D eigenvalue weighted by atomic mass is 9.92. The van der Waals surface area contributed by atoms with E-state index in [0.29, 0.717) is 17.0 Å². The first-order valence-corrected chi connectivity index (χ1v) is 15.2. The average Bonchev–Trinajstić information content (AvgIpc) is 2.99. The quantitative estimate of drug-likeness (QED) is 0.225. The monoisotopic (exact) mass is 573 g/mol. The SMILES string of the molecule is CC(C)(c1cc(-c2cccc(-c3nc4ccccc4nc3-c3ccc(C(=O)O)cc3)c2)c2ncccc2c1)S(C)(=O)=O. The number of hydrogen-bond donors (Lipinski definition) is 1. The van der Waals surface area contributed by atoms with Crippen LogP contribution in [0.5, 0.6) is 0 Å². The number of carboxylic acid groups (broad SMARTS) is 1. The Morgan fingerprint density at radius 3 is 2.02 bits per heavy atom. The first-order chi connectivity index (χ1) is 20.0. The number of nitrogens with zero attached hydrogens (tertiary/aromatic N) is 3. The van der Waals surface area contributed by atoms with Crippen LogP contribution in [0.2, 0.25) is 0 Å². The molecule has 0 fully saturated rings. The normalized spacial score (nSPS) is 12.1. The number of sulfone groups is 1. The molecule has 6 rings (SSSR count). The van der Waals surface area contributed by atoms with E-state index in [2.05, 4.69) is 4.98 Å². The van der Waals surface area contributed by atoms with Crippen molar-refractivity contribution in [1.82, 2.24) is 15.0 Å². The molecule has 6 aromatic rings. The van der Waals surface area contributed by atoms with Gasteiger partial charge in [0.25, 0.3) is 0 Å². The van der Waals surface area contributed by atoms with Gasteiger partial charge in [0.05, 0.1) is 38.2 Å². The zero-order chi connectivity index (χ0) is 29.6. The lowest BCUT2D eigenvalue weighted by molar-refractivity contribution is 0.0697. The third kappa shape index (κ3) is 4.80. The Bertz CT molecular complexity index is 2120. The molecule has 7 nitrogen and oxygen atoms in total. The Balaban J connectivity index is 1.57. The number of rotatable bonds is 6. The average molecular weight is 574 g/mol. The predicted octanol–water partition coefficient (Wildman–Crippen LogP) is 7.16. The van der Waals surface area contributed by atoms with Crippen LogP contribution in [0.1, 0.15) is 29.8 Å². The highest BCUT2D eigenvalue weighted by Gasteiger charge is 2.33. The van der Waals surface area contributed by atoms with E-state index in [1.165, 1.54) is 6.26 Å². The van der Waals surface area contributed by atoms with Crippen molar-refractivity contribution in [2.24, 2.45) is 0 Å². The Labute approximate surface area is 243 Å². The molecule has 0 aliphatic rings. The molecular weight excluding hydrogens is 546 g/mol. The van der Waals surface area contributed by atoms with E-state index in [-0.39, 0.29) is 5.56 Å². The fraction of sp³-hybridized carbons (Fsp3) is 0.118. The number of carbonyl (C=O) groups is 1. The molecule has 2 heterocycles. The number of carboxylic acids is 1. The molecule has 2 aromatic heterocycles. The van der Waals surface area contributed by atoms with E-state index >= 15 is 0 Å². The van der Waals surface area contributed by atoms with Gasteiger partial charge >= 0.3 is 5.97 Å². The van der Waals surface area contributed by atoms with Gasteiger partial charge in [0, 0.05) is 34.5 Å². The molecule has 4 aromatic carbocycles. The minimum atomic E-state index is -3.42. The topological polar surface area (TPSA) is 110 Å². The number of pyridine rings is 1. The Morgan fingerprint density at radius 2 is 1.38 bits per heavy atom. The first-order valence-electron chi connectivity index (χ1n) is 13.3. The van der Waals surface area contributed by atoms with E-state index in [0.717, 1.165) is 44.2 Å². The summed E-state index contributed by atoms with van der Waals surface area (Å²) < 4.78 is 24.4. The molecule has 42 heavy (non-hydrogen) atoms. The molecule has 0 spiro atoms. The molecule has 0 aliphatic heterocycles. The standard InChI is InChI=1S/C34H27N3O4S/c1-34(2,42(3,40)41)26-19-25-10-7-17-35-30(25)27(20-26)23-8-6-9-24(18-23)32-31(21-13-15-22(16-14-21)33(38)39)36-28-11-4-5-12-29(28)37-32/h4-20H,1-3H3,(H,38,39). The van der Waals surface area contributed by atoms with Gasteiger partial charge in [-0.2, -0.15) is 0 Å². The van der Waals surface area contributed by atoms with Crippen LogP contribution in [-0.2, 0) is 14.6 Å². The van der Waals surface area contributed by atoms with Crippen LogP contribution < -0.4 is 0 Å². The van der Waals surface area contributed by atoms with Crippen molar-refractivity contribution in [3.8, 4) is 33.6 Å². The lowest BCUT2D eigenvalue weighted by Gasteiger charge is -2.24. The molecule has 0 saturated heterocycles. The minimum absolute atomic E-state index is 0.187. The van der Waals surface area contributed by atoms with Crippen LogP contribution in [-0.4, -0.2) is 40.7 Å². The minimum Gasteiger partial charge on any atom is -0.478 e. The molecule has 0 bridgehead atoms. The van der Waals surface area contributed by atoms with Crippen molar-refractivity contribution in [3.63, 3.8) is 0 Å². The highest BCUT2D eigenvalue weighted by molar-refractivity contribution is 7.91. The second kappa shape index (κ2) is 10.2. The van der Waals surface area contributed by atoms with Gasteiger partial charge in [0.15, 0.2) is 9.84 Å². The molecule has 0 saturated carbocycles. The van der Waals surface area contributed by atoms with Gasteiger partial charge in [0.2, 0.25) is 0 Å². The van der Waals surface area contributed by atoms with Crippen LogP contribution in [0.25, 0.3) is 55.6 Å². The molecule has 0 amide bonds. The summed E-state index contributed by atoms with van der Waals surface area (Å²) in [5.41, 5.74) is 7.55. The highest BCUT2D eigenvalue weighted by Crippen LogP contribution is 2.38. The summed E-state index contributed by atoms with van der Waals surface area (Å²) in [7, 11) is -3.42. The number of benzene rings is 4. The summed E-state index contributed by atoms with van der Waals surface area (Å²) in [5.74, 6) is -0.999. The highest BCUT2D eigenvalue weighted by atomic mass is 32.2. The fourth-order valence-electron chi connectivity index (χ4n) is 4.98. The summed E-state index contributed by atoms with van der Waals surface area (Å²) >= 11 is 0. The number of aromatic nitrogens is 3. The van der Waals surface area contributed by atoms with E-state index in [9.17, 15) is 18.3 Å². The van der Waals surface area contributed by atoms with E-state index in [1.54, 1.807) is 44.3 Å². The smallest absolute Gasteiger partial charge is 0.335 e. The van der Waals surface area contributed by atoms with E-state index in [1.807, 2.05) is 72.8 Å². The molecule has 0 unspecified atom stereocenters. The van der Waals surface area contributed by atoms with Crippen LogP contribution in [0.4, 0.5) is 0 Å². The Morgan fingerprint density at radius 1 is 0.738 bits per heavy atom. The number of fused-ring (bicyclic) bond motifs is 2. The number of aromatic carboxylic acids is 1. The largest absolute Gasteiger partial charge is 0.478 e. The maximum atomic E-state index is 12.8. The zero-order valence-corrected chi connectivity index (χ0v) is 24.1. The van der Waals surface area contributed by atoms with Crippen molar-refractivity contribution in [3.05, 3.63) is 114 Å². The van der Waals surface area contributed by atoms with Gasteiger partial charge in [-0.25, -0.2) is 23.2 Å². The van der Waals surface area contributed by atoms with Gasteiger partial charge in [0.1, 0.15) is 0 Å². The van der Waals surface area contributed by atoms with E-state index in [4.69, 9.17) is 9.97 Å². The molecule has 8 heteroatoms. The van der Waals surface area contributed by atoms with Gasteiger partial charge < -0.3 is 5.11 Å². The Hall–Kier alpha value is -4.95. The van der Waals surface area contributed by atoms with Crippen LogP contribution in [0.15, 0.2) is 103 Å². The summed E-state index contributed by atoms with van der Waals surface area (Å²) in [6, 6.07) is 29.6. The summed E-state index contributed by atoms with van der Waals surface area (Å²) in [5, 5.41) is 10.2. The molecule has 0 aliphatic carbocycles. The Kier molecular flexibility index (Phi) is 6.58. The van der Waals surface area contributed by atoms with Gasteiger partial charge in [-0.3, -0.25) is 4.98 Å². The van der Waals surface area contributed by atoms with Crippen molar-refractivity contribution >= 4 is 37.7 Å². The van der Waals surface area contributed by atoms with Gasteiger partial charge in [-0.05, 0) is 73.5 Å². The third-order valence-corrected chi connectivity index (χ3v) is 9.84. The van der Waals surface area contributed by atoms with E-state index < -0.39 is 20.6 Å². The van der Waals surface area contributed by atoms with Crippen molar-refractivity contribution in [2.75, 3.05) is 6.26 Å². The fourth-order valence-corrected chi connectivity index (χ4v) is 5.53. The maximum Gasteiger partial charge on any atom is 0.335 e. The predicted molar refractivity (Wildman–Crippen MR) is 166 cm³/mol. The first kappa shape index (κ1) is 27.2. The van der Waals surface area contributed by atoms with Gasteiger partial charge in [-0.1, -0.05) is 48.5 Å². The summed E-state index contributed by atoms with van der Waals surface area (Å²) in [6.07, 6.45) is 2.98. The summed E-state index contributed by atoms with van der Waals surface area (Å²) in [6.45, 7) is 3.43. The number of para-hydroxylation sites is 2. The van der Waals surface area contributed by atoms with Crippen LogP contribution in [0.3, 0.4) is 0 Å². The van der Waals surface area contributed by atoms with Crippen molar-refractivity contribution in [2.45, 2.75) is 18.6 Å². The molecule has 0 radical (unpaired) electrons. The summed E-state index contributed by atoms with van der Waals surface area (Å²) in [4.78, 5) is 26.0. The molecule has 208 valence electrons. The van der Waals surface area contributed by atoms with Crippen molar-refractivity contribution < 1.29 is 18.3 Å². The maximum absolute atomic E-state index is 12.8. The van der Waals surface area contributed by atoms with Crippen LogP contribution in [0, 0.1) is 0 Å². The van der Waals surface area contributed by atoms with Gasteiger partial charge in [-0.15, -0.1) is 0 Å². The molecular formula is C34H27N3O4S. The lowest BCUT2D eigenvalue weighted by Crippen LogP contribution is -2.28. The third-order valence-electron chi connectivity index (χ3n) is 7.75. The zero-order valence-electron chi connectivity index (χ0n) is 23.2. The molecule has 0 atom stereocenters. The second-order valence-electron chi connectivity index (χ2n) is 10.8. The van der Waals surface area contributed by atoms with Crippen LogP contribution >= 0.6 is 0 Å². The number of hydrogen-bond acceptors (Lipinski definition) is 6. The second-order valence-corrected chi connectivity index (χ2v) is 13.3. The van der Waals surface area contributed by atoms with Crippen molar-refractivity contribution in [1.29, 1.82) is 0 Å².